The Labute approximate surface area is 104 Å². The molecule has 0 unspecified atom stereocenters. The second-order valence-corrected chi connectivity index (χ2v) is 5.23. The largest absolute Gasteiger partial charge is 0.495 e. The Bertz CT molecular complexity index is 350. The third-order valence-corrected chi connectivity index (χ3v) is 4.64. The van der Waals surface area contributed by atoms with Crippen molar-refractivity contribution < 1.29 is 24.1 Å². The average molecular weight is 260 g/mol. The SMILES string of the molecule is COC1=C[C@H]2SC[C@@H](O)[C@H]2C(=O)C1(OC)OC. The van der Waals surface area contributed by atoms with Crippen LogP contribution in [0.1, 0.15) is 0 Å². The molecule has 0 aromatic carbocycles. The minimum absolute atomic E-state index is 0.0640. The lowest BCUT2D eigenvalue weighted by atomic mass is 9.83. The summed E-state index contributed by atoms with van der Waals surface area (Å²) >= 11 is 1.54. The monoisotopic (exact) mass is 260 g/mol. The van der Waals surface area contributed by atoms with Crippen LogP contribution in [0.2, 0.25) is 0 Å². The van der Waals surface area contributed by atoms with E-state index in [0.29, 0.717) is 11.5 Å². The first-order valence-corrected chi connectivity index (χ1v) is 6.36. The van der Waals surface area contributed by atoms with E-state index in [9.17, 15) is 9.90 Å². The van der Waals surface area contributed by atoms with Crippen molar-refractivity contribution in [2.24, 2.45) is 5.92 Å². The van der Waals surface area contributed by atoms with Crippen molar-refractivity contribution >= 4 is 17.5 Å². The Morgan fingerprint density at radius 1 is 1.41 bits per heavy atom. The third-order valence-electron chi connectivity index (χ3n) is 3.29. The van der Waals surface area contributed by atoms with E-state index in [1.807, 2.05) is 0 Å². The molecule has 96 valence electrons. The number of rotatable bonds is 3. The van der Waals surface area contributed by atoms with Gasteiger partial charge in [0, 0.05) is 25.2 Å². The number of methoxy groups -OCH3 is 3. The Morgan fingerprint density at radius 2 is 2.06 bits per heavy atom. The van der Waals surface area contributed by atoms with Gasteiger partial charge in [-0.2, -0.15) is 11.8 Å². The summed E-state index contributed by atoms with van der Waals surface area (Å²) in [5.74, 6) is -1.38. The first-order chi connectivity index (χ1) is 8.10. The highest BCUT2D eigenvalue weighted by atomic mass is 32.2. The molecule has 0 aromatic heterocycles. The van der Waals surface area contributed by atoms with Gasteiger partial charge in [0.2, 0.25) is 5.78 Å². The van der Waals surface area contributed by atoms with Crippen LogP contribution in [0.15, 0.2) is 11.8 Å². The fourth-order valence-corrected chi connectivity index (χ4v) is 3.76. The number of hydrogen-bond acceptors (Lipinski definition) is 6. The Balaban J connectivity index is 2.46. The summed E-state index contributed by atoms with van der Waals surface area (Å²) in [6.07, 6.45) is 1.15. The molecule has 1 N–H and O–H groups in total. The predicted octanol–water partition coefficient (Wildman–Crippen LogP) is 0.181. The highest BCUT2D eigenvalue weighted by molar-refractivity contribution is 8.00. The van der Waals surface area contributed by atoms with Gasteiger partial charge in [0.1, 0.15) is 0 Å². The van der Waals surface area contributed by atoms with Gasteiger partial charge in [0.15, 0.2) is 5.76 Å². The molecule has 1 aliphatic heterocycles. The van der Waals surface area contributed by atoms with Crippen LogP contribution in [0.5, 0.6) is 0 Å². The number of Topliss-reactive ketones (excluding diaryl/α,β-unsaturated/α-hetero) is 1. The van der Waals surface area contributed by atoms with Crippen LogP contribution in [-0.2, 0) is 19.0 Å². The van der Waals surface area contributed by atoms with Crippen LogP contribution in [0, 0.1) is 5.92 Å². The van der Waals surface area contributed by atoms with Crippen LogP contribution >= 0.6 is 11.8 Å². The molecule has 3 atom stereocenters. The number of ketones is 1. The van der Waals surface area contributed by atoms with E-state index in [1.165, 1.54) is 21.3 Å². The Morgan fingerprint density at radius 3 is 2.59 bits per heavy atom. The maximum atomic E-state index is 12.4. The smallest absolute Gasteiger partial charge is 0.288 e. The number of thioether (sulfide) groups is 1. The fraction of sp³-hybridized carbons (Fsp3) is 0.727. The van der Waals surface area contributed by atoms with Crippen LogP contribution in [0.3, 0.4) is 0 Å². The Hall–Kier alpha value is -0.560. The highest BCUT2D eigenvalue weighted by Crippen LogP contribution is 2.44. The molecular formula is C11H16O5S. The molecule has 1 saturated heterocycles. The van der Waals surface area contributed by atoms with Crippen molar-refractivity contribution in [3.63, 3.8) is 0 Å². The fourth-order valence-electron chi connectivity index (χ4n) is 2.40. The molecule has 0 aromatic rings. The van der Waals surface area contributed by atoms with E-state index in [-0.39, 0.29) is 11.0 Å². The number of carbonyl (C=O) groups excluding carboxylic acids is 1. The number of aliphatic hydroxyl groups is 1. The molecule has 1 aliphatic carbocycles. The van der Waals surface area contributed by atoms with Crippen molar-refractivity contribution in [2.75, 3.05) is 27.1 Å². The Kier molecular flexibility index (Phi) is 3.49. The zero-order valence-electron chi connectivity index (χ0n) is 10.0. The van der Waals surface area contributed by atoms with Gasteiger partial charge in [0.05, 0.1) is 19.1 Å². The van der Waals surface area contributed by atoms with E-state index in [0.717, 1.165) is 0 Å². The first kappa shape index (κ1) is 12.9. The molecule has 5 nitrogen and oxygen atoms in total. The second kappa shape index (κ2) is 4.61. The molecule has 0 saturated carbocycles. The number of ether oxygens (including phenoxy) is 3. The summed E-state index contributed by atoms with van der Waals surface area (Å²) in [6, 6.07) is 0. The lowest BCUT2D eigenvalue weighted by Crippen LogP contribution is -2.54. The quantitative estimate of drug-likeness (QED) is 0.730. The number of fused-ring (bicyclic) bond motifs is 1. The maximum Gasteiger partial charge on any atom is 0.288 e. The number of aliphatic hydroxyl groups excluding tert-OH is 1. The van der Waals surface area contributed by atoms with Crippen molar-refractivity contribution in [1.29, 1.82) is 0 Å². The van der Waals surface area contributed by atoms with E-state index in [1.54, 1.807) is 17.8 Å². The van der Waals surface area contributed by atoms with Crippen molar-refractivity contribution in [3.05, 3.63) is 11.8 Å². The van der Waals surface area contributed by atoms with Gasteiger partial charge in [-0.1, -0.05) is 0 Å². The third kappa shape index (κ3) is 1.71. The van der Waals surface area contributed by atoms with Crippen LogP contribution in [0.4, 0.5) is 0 Å². The van der Waals surface area contributed by atoms with E-state index in [2.05, 4.69) is 0 Å². The lowest BCUT2D eigenvalue weighted by molar-refractivity contribution is -0.211. The summed E-state index contributed by atoms with van der Waals surface area (Å²) in [6.45, 7) is 0. The minimum atomic E-state index is -1.51. The van der Waals surface area contributed by atoms with Crippen LogP contribution < -0.4 is 0 Å². The van der Waals surface area contributed by atoms with Gasteiger partial charge in [-0.3, -0.25) is 4.79 Å². The van der Waals surface area contributed by atoms with Crippen LogP contribution in [-0.4, -0.2) is 55.1 Å². The molecule has 0 radical (unpaired) electrons. The predicted molar refractivity (Wildman–Crippen MR) is 62.6 cm³/mol. The van der Waals surface area contributed by atoms with Gasteiger partial charge in [-0.15, -0.1) is 0 Å². The molecule has 2 rings (SSSR count). The molecule has 1 heterocycles. The summed E-state index contributed by atoms with van der Waals surface area (Å²) < 4.78 is 15.6. The lowest BCUT2D eigenvalue weighted by Gasteiger charge is -2.37. The standard InChI is InChI=1S/C11H16O5S/c1-14-8-4-7-9(6(12)5-17-7)10(13)11(8,15-2)16-3/h4,6-7,9,12H,5H2,1-3H3/t6-,7-,9-/m1/s1. The minimum Gasteiger partial charge on any atom is -0.495 e. The summed E-state index contributed by atoms with van der Waals surface area (Å²) in [5, 5.41) is 9.79. The zero-order valence-corrected chi connectivity index (χ0v) is 10.8. The van der Waals surface area contributed by atoms with Crippen molar-refractivity contribution in [1.82, 2.24) is 0 Å². The molecule has 1 fully saturated rings. The van der Waals surface area contributed by atoms with Crippen molar-refractivity contribution in [2.45, 2.75) is 17.1 Å². The van der Waals surface area contributed by atoms with Gasteiger partial charge >= 0.3 is 0 Å². The van der Waals surface area contributed by atoms with E-state index >= 15 is 0 Å². The molecule has 2 aliphatic rings. The van der Waals surface area contributed by atoms with E-state index < -0.39 is 17.8 Å². The van der Waals surface area contributed by atoms with Crippen LogP contribution in [0.25, 0.3) is 0 Å². The summed E-state index contributed by atoms with van der Waals surface area (Å²) in [5.41, 5.74) is 0. The topological polar surface area (TPSA) is 65.0 Å². The summed E-state index contributed by atoms with van der Waals surface area (Å²) in [4.78, 5) is 12.4. The molecular weight excluding hydrogens is 244 g/mol. The van der Waals surface area contributed by atoms with Gasteiger partial charge in [-0.25, -0.2) is 0 Å². The van der Waals surface area contributed by atoms with Gasteiger partial charge < -0.3 is 19.3 Å². The molecule has 0 amide bonds. The van der Waals surface area contributed by atoms with Crippen molar-refractivity contribution in [3.8, 4) is 0 Å². The van der Waals surface area contributed by atoms with Gasteiger partial charge in [0.25, 0.3) is 5.79 Å². The molecule has 6 heteroatoms. The highest BCUT2D eigenvalue weighted by Gasteiger charge is 2.57. The molecule has 0 spiro atoms. The number of carbonyl (C=O) groups is 1. The van der Waals surface area contributed by atoms with E-state index in [4.69, 9.17) is 14.2 Å². The number of hydrogen-bond donors (Lipinski definition) is 1. The molecule has 0 bridgehead atoms. The molecule has 17 heavy (non-hydrogen) atoms. The normalized spacial score (nSPS) is 35.4. The average Bonchev–Trinajstić information content (AvgIpc) is 2.71. The second-order valence-electron chi connectivity index (χ2n) is 4.02. The van der Waals surface area contributed by atoms with Gasteiger partial charge in [-0.05, 0) is 6.08 Å². The maximum absolute atomic E-state index is 12.4. The first-order valence-electron chi connectivity index (χ1n) is 5.31. The zero-order chi connectivity index (χ0) is 12.6. The summed E-state index contributed by atoms with van der Waals surface area (Å²) in [7, 11) is 4.26.